The van der Waals surface area contributed by atoms with E-state index in [0.717, 1.165) is 30.0 Å². The molecular formula is C17H20FNO. The van der Waals surface area contributed by atoms with Crippen molar-refractivity contribution in [3.8, 4) is 5.75 Å². The molecule has 0 unspecified atom stereocenters. The summed E-state index contributed by atoms with van der Waals surface area (Å²) < 4.78 is 19.5. The van der Waals surface area contributed by atoms with Crippen molar-refractivity contribution in [1.29, 1.82) is 0 Å². The lowest BCUT2D eigenvalue weighted by Crippen LogP contribution is -2.13. The minimum atomic E-state index is -0.227. The molecule has 0 amide bonds. The maximum Gasteiger partial charge on any atom is 0.129 e. The Morgan fingerprint density at radius 3 is 2.55 bits per heavy atom. The maximum atomic E-state index is 13.6. The molecule has 0 aliphatic carbocycles. The van der Waals surface area contributed by atoms with Gasteiger partial charge in [-0.2, -0.15) is 0 Å². The van der Waals surface area contributed by atoms with Gasteiger partial charge >= 0.3 is 0 Å². The summed E-state index contributed by atoms with van der Waals surface area (Å²) in [6.45, 7) is 5.98. The smallest absolute Gasteiger partial charge is 0.129 e. The molecule has 0 atom stereocenters. The van der Waals surface area contributed by atoms with Gasteiger partial charge in [-0.3, -0.25) is 0 Å². The van der Waals surface area contributed by atoms with Crippen molar-refractivity contribution in [3.05, 3.63) is 65.0 Å². The first-order chi connectivity index (χ1) is 9.72. The minimum absolute atomic E-state index is 0.227. The van der Waals surface area contributed by atoms with Gasteiger partial charge in [0.25, 0.3) is 0 Å². The van der Waals surface area contributed by atoms with E-state index in [4.69, 9.17) is 4.74 Å². The van der Waals surface area contributed by atoms with Crippen molar-refractivity contribution >= 4 is 0 Å². The Morgan fingerprint density at radius 1 is 1.05 bits per heavy atom. The molecule has 2 rings (SSSR count). The summed E-state index contributed by atoms with van der Waals surface area (Å²) in [5.74, 6) is 0.617. The van der Waals surface area contributed by atoms with Crippen molar-refractivity contribution in [2.75, 3.05) is 6.54 Å². The molecule has 0 aliphatic rings. The highest BCUT2D eigenvalue weighted by molar-refractivity contribution is 5.41. The second-order valence-electron chi connectivity index (χ2n) is 4.72. The molecule has 0 fully saturated rings. The second kappa shape index (κ2) is 7.06. The van der Waals surface area contributed by atoms with E-state index in [0.29, 0.717) is 5.56 Å². The van der Waals surface area contributed by atoms with Crippen LogP contribution in [0, 0.1) is 12.7 Å². The lowest BCUT2D eigenvalue weighted by molar-refractivity contribution is 0.294. The fourth-order valence-corrected chi connectivity index (χ4v) is 2.08. The quantitative estimate of drug-likeness (QED) is 0.864. The summed E-state index contributed by atoms with van der Waals surface area (Å²) in [6, 6.07) is 12.8. The third-order valence-electron chi connectivity index (χ3n) is 3.19. The largest absolute Gasteiger partial charge is 0.488 e. The molecule has 3 heteroatoms. The van der Waals surface area contributed by atoms with Crippen LogP contribution < -0.4 is 10.1 Å². The van der Waals surface area contributed by atoms with Crippen LogP contribution in [0.4, 0.5) is 4.39 Å². The molecule has 2 aromatic carbocycles. The Kier molecular flexibility index (Phi) is 5.13. The number of hydrogen-bond acceptors (Lipinski definition) is 2. The standard InChI is InChI=1S/C17H20FNO/c1-3-19-11-14-9-6-7-13(2)17(14)20-12-15-8-4-5-10-16(15)18/h4-10,19H,3,11-12H2,1-2H3. The van der Waals surface area contributed by atoms with E-state index in [9.17, 15) is 4.39 Å². The first-order valence-corrected chi connectivity index (χ1v) is 6.87. The minimum Gasteiger partial charge on any atom is -0.488 e. The highest BCUT2D eigenvalue weighted by atomic mass is 19.1. The van der Waals surface area contributed by atoms with Crippen LogP contribution in [0.1, 0.15) is 23.6 Å². The number of hydrogen-bond donors (Lipinski definition) is 1. The fourth-order valence-electron chi connectivity index (χ4n) is 2.08. The van der Waals surface area contributed by atoms with E-state index in [1.165, 1.54) is 6.07 Å². The van der Waals surface area contributed by atoms with E-state index in [-0.39, 0.29) is 12.4 Å². The maximum absolute atomic E-state index is 13.6. The zero-order valence-electron chi connectivity index (χ0n) is 11.9. The first-order valence-electron chi connectivity index (χ1n) is 6.87. The van der Waals surface area contributed by atoms with Crippen LogP contribution >= 0.6 is 0 Å². The van der Waals surface area contributed by atoms with E-state index in [2.05, 4.69) is 12.2 Å². The van der Waals surface area contributed by atoms with E-state index >= 15 is 0 Å². The number of aryl methyl sites for hydroxylation is 1. The van der Waals surface area contributed by atoms with Crippen molar-refractivity contribution in [2.45, 2.75) is 27.0 Å². The molecule has 0 spiro atoms. The number of halogens is 1. The van der Waals surface area contributed by atoms with Gasteiger partial charge in [0.05, 0.1) is 0 Å². The average Bonchev–Trinajstić information content (AvgIpc) is 2.45. The van der Waals surface area contributed by atoms with E-state index in [1.54, 1.807) is 12.1 Å². The normalized spacial score (nSPS) is 10.6. The molecular weight excluding hydrogens is 253 g/mol. The number of benzene rings is 2. The molecule has 2 nitrogen and oxygen atoms in total. The summed E-state index contributed by atoms with van der Waals surface area (Å²) in [5, 5.41) is 3.29. The van der Waals surface area contributed by atoms with Crippen LogP contribution in [-0.2, 0) is 13.2 Å². The SMILES string of the molecule is CCNCc1cccc(C)c1OCc1ccccc1F. The topological polar surface area (TPSA) is 21.3 Å². The van der Waals surface area contributed by atoms with Gasteiger partial charge in [-0.25, -0.2) is 4.39 Å². The Bertz CT molecular complexity index is 569. The van der Waals surface area contributed by atoms with E-state index < -0.39 is 0 Å². The summed E-state index contributed by atoms with van der Waals surface area (Å²) in [5.41, 5.74) is 2.74. The summed E-state index contributed by atoms with van der Waals surface area (Å²) in [7, 11) is 0. The van der Waals surface area contributed by atoms with Gasteiger partial charge in [-0.1, -0.05) is 43.3 Å². The van der Waals surface area contributed by atoms with Gasteiger partial charge in [0.2, 0.25) is 0 Å². The van der Waals surface area contributed by atoms with Crippen LogP contribution in [0.2, 0.25) is 0 Å². The van der Waals surface area contributed by atoms with E-state index in [1.807, 2.05) is 31.2 Å². The highest BCUT2D eigenvalue weighted by Gasteiger charge is 2.08. The molecule has 1 N–H and O–H groups in total. The lowest BCUT2D eigenvalue weighted by atomic mass is 10.1. The van der Waals surface area contributed by atoms with Crippen LogP contribution in [0.3, 0.4) is 0 Å². The molecule has 20 heavy (non-hydrogen) atoms. The predicted molar refractivity (Wildman–Crippen MR) is 79.3 cm³/mol. The number of para-hydroxylation sites is 1. The Hall–Kier alpha value is -1.87. The molecule has 0 saturated heterocycles. The summed E-state index contributed by atoms with van der Waals surface area (Å²) in [4.78, 5) is 0. The average molecular weight is 273 g/mol. The van der Waals surface area contributed by atoms with Gasteiger partial charge < -0.3 is 10.1 Å². The van der Waals surface area contributed by atoms with Crippen LogP contribution in [0.25, 0.3) is 0 Å². The van der Waals surface area contributed by atoms with Crippen molar-refractivity contribution in [3.63, 3.8) is 0 Å². The lowest BCUT2D eigenvalue weighted by Gasteiger charge is -2.14. The van der Waals surface area contributed by atoms with Gasteiger partial charge in [-0.15, -0.1) is 0 Å². The van der Waals surface area contributed by atoms with Crippen molar-refractivity contribution < 1.29 is 9.13 Å². The zero-order valence-corrected chi connectivity index (χ0v) is 11.9. The third-order valence-corrected chi connectivity index (χ3v) is 3.19. The fraction of sp³-hybridized carbons (Fsp3) is 0.294. The summed E-state index contributed by atoms with van der Waals surface area (Å²) >= 11 is 0. The zero-order chi connectivity index (χ0) is 14.4. The van der Waals surface area contributed by atoms with Gasteiger partial charge in [-0.05, 0) is 25.1 Å². The number of rotatable bonds is 6. The Balaban J connectivity index is 2.14. The summed E-state index contributed by atoms with van der Waals surface area (Å²) in [6.07, 6.45) is 0. The van der Waals surface area contributed by atoms with Gasteiger partial charge in [0.15, 0.2) is 0 Å². The van der Waals surface area contributed by atoms with Crippen LogP contribution in [-0.4, -0.2) is 6.54 Å². The van der Waals surface area contributed by atoms with Crippen molar-refractivity contribution in [2.24, 2.45) is 0 Å². The Labute approximate surface area is 119 Å². The molecule has 106 valence electrons. The van der Waals surface area contributed by atoms with Crippen LogP contribution in [0.5, 0.6) is 5.75 Å². The number of ether oxygens (including phenoxy) is 1. The molecule has 0 aliphatic heterocycles. The molecule has 2 aromatic rings. The molecule has 0 heterocycles. The van der Waals surface area contributed by atoms with Crippen LogP contribution in [0.15, 0.2) is 42.5 Å². The second-order valence-corrected chi connectivity index (χ2v) is 4.72. The monoisotopic (exact) mass is 273 g/mol. The first kappa shape index (κ1) is 14.5. The van der Waals surface area contributed by atoms with Gasteiger partial charge in [0.1, 0.15) is 18.2 Å². The third kappa shape index (κ3) is 3.58. The molecule has 0 saturated carbocycles. The predicted octanol–water partition coefficient (Wildman–Crippen LogP) is 3.82. The Morgan fingerprint density at radius 2 is 1.80 bits per heavy atom. The highest BCUT2D eigenvalue weighted by Crippen LogP contribution is 2.24. The van der Waals surface area contributed by atoms with Gasteiger partial charge in [0, 0.05) is 17.7 Å². The number of nitrogens with one attached hydrogen (secondary N) is 1. The molecule has 0 aromatic heterocycles. The molecule has 0 radical (unpaired) electrons. The molecule has 0 bridgehead atoms. The van der Waals surface area contributed by atoms with Crippen molar-refractivity contribution in [1.82, 2.24) is 5.32 Å².